The van der Waals surface area contributed by atoms with Crippen molar-refractivity contribution in [2.45, 2.75) is 20.4 Å². The average molecular weight is 294 g/mol. The summed E-state index contributed by atoms with van der Waals surface area (Å²) < 4.78 is 2.07. The van der Waals surface area contributed by atoms with Crippen molar-refractivity contribution in [1.82, 2.24) is 4.57 Å². The molecule has 0 spiro atoms. The first kappa shape index (κ1) is 14.2. The Balaban J connectivity index is 2.27. The number of nitrogens with zero attached hydrogens (tertiary/aromatic N) is 1. The van der Waals surface area contributed by atoms with Crippen molar-refractivity contribution in [3.63, 3.8) is 0 Å². The third kappa shape index (κ3) is 2.22. The lowest BCUT2D eigenvalue weighted by molar-refractivity contribution is 0.100. The highest BCUT2D eigenvalue weighted by Gasteiger charge is 2.19. The number of fused-ring (bicyclic) bond motifs is 1. The predicted octanol–water partition coefficient (Wildman–Crippen LogP) is 3.11. The van der Waals surface area contributed by atoms with Gasteiger partial charge in [0, 0.05) is 23.1 Å². The van der Waals surface area contributed by atoms with Crippen molar-refractivity contribution in [2.75, 3.05) is 0 Å². The number of amides is 1. The van der Waals surface area contributed by atoms with Crippen LogP contribution in [0, 0.1) is 13.8 Å². The van der Waals surface area contributed by atoms with Gasteiger partial charge in [-0.2, -0.15) is 0 Å². The largest absolute Gasteiger partial charge is 0.508 e. The van der Waals surface area contributed by atoms with Crippen LogP contribution in [0.2, 0.25) is 0 Å². The molecule has 1 heterocycles. The molecule has 0 radical (unpaired) electrons. The van der Waals surface area contributed by atoms with Crippen LogP contribution in [0.15, 0.2) is 42.5 Å². The Morgan fingerprint density at radius 1 is 1.18 bits per heavy atom. The Bertz CT molecular complexity index is 864. The molecular weight excluding hydrogens is 276 g/mol. The van der Waals surface area contributed by atoms with E-state index >= 15 is 0 Å². The van der Waals surface area contributed by atoms with Gasteiger partial charge in [0.15, 0.2) is 0 Å². The molecule has 3 N–H and O–H groups in total. The second kappa shape index (κ2) is 5.22. The van der Waals surface area contributed by atoms with Gasteiger partial charge >= 0.3 is 0 Å². The minimum Gasteiger partial charge on any atom is -0.508 e. The highest BCUT2D eigenvalue weighted by molar-refractivity contribution is 6.08. The molecule has 3 rings (SSSR count). The minimum absolute atomic E-state index is 0.173. The van der Waals surface area contributed by atoms with Gasteiger partial charge in [0.25, 0.3) is 5.91 Å². The third-order valence-corrected chi connectivity index (χ3v) is 4.07. The molecule has 0 aliphatic rings. The molecule has 1 amide bonds. The molecule has 0 atom stereocenters. The molecule has 3 aromatic rings. The van der Waals surface area contributed by atoms with Crippen LogP contribution >= 0.6 is 0 Å². The Kier molecular flexibility index (Phi) is 3.37. The van der Waals surface area contributed by atoms with Crippen molar-refractivity contribution >= 4 is 16.8 Å². The van der Waals surface area contributed by atoms with Crippen LogP contribution in [-0.4, -0.2) is 15.6 Å². The van der Waals surface area contributed by atoms with E-state index in [9.17, 15) is 9.90 Å². The van der Waals surface area contributed by atoms with E-state index in [1.807, 2.05) is 50.2 Å². The maximum Gasteiger partial charge on any atom is 0.251 e. The van der Waals surface area contributed by atoms with Crippen LogP contribution in [0.1, 0.15) is 27.2 Å². The van der Waals surface area contributed by atoms with Gasteiger partial charge in [-0.3, -0.25) is 4.79 Å². The zero-order chi connectivity index (χ0) is 15.9. The summed E-state index contributed by atoms with van der Waals surface area (Å²) in [5, 5.41) is 10.7. The number of primary amides is 1. The normalized spacial score (nSPS) is 11.0. The summed E-state index contributed by atoms with van der Waals surface area (Å²) in [4.78, 5) is 11.8. The van der Waals surface area contributed by atoms with Gasteiger partial charge in [-0.15, -0.1) is 0 Å². The molecule has 1 aromatic heterocycles. The van der Waals surface area contributed by atoms with Crippen LogP contribution in [0.5, 0.6) is 5.75 Å². The molecule has 0 aliphatic carbocycles. The zero-order valence-electron chi connectivity index (χ0n) is 12.6. The lowest BCUT2D eigenvalue weighted by Gasteiger charge is -2.09. The van der Waals surface area contributed by atoms with Gasteiger partial charge in [-0.25, -0.2) is 0 Å². The van der Waals surface area contributed by atoms with Gasteiger partial charge in [-0.05, 0) is 37.1 Å². The van der Waals surface area contributed by atoms with Gasteiger partial charge in [0.05, 0.1) is 5.56 Å². The van der Waals surface area contributed by atoms with Gasteiger partial charge in [-0.1, -0.05) is 30.3 Å². The number of carbonyl (C=O) groups is 1. The molecule has 22 heavy (non-hydrogen) atoms. The van der Waals surface area contributed by atoms with Gasteiger partial charge < -0.3 is 15.4 Å². The highest BCUT2D eigenvalue weighted by Crippen LogP contribution is 2.31. The van der Waals surface area contributed by atoms with E-state index in [1.165, 1.54) is 0 Å². The smallest absolute Gasteiger partial charge is 0.251 e. The molecule has 2 aromatic carbocycles. The first-order valence-corrected chi connectivity index (χ1v) is 7.15. The number of rotatable bonds is 3. The SMILES string of the molecule is Cc1cc2c(cc1O)c(C(N)=O)c(C)n2Cc1ccccc1. The van der Waals surface area contributed by atoms with E-state index in [0.29, 0.717) is 17.5 Å². The molecular formula is C18H18N2O2. The fourth-order valence-electron chi connectivity index (χ4n) is 2.90. The number of aryl methyl sites for hydroxylation is 1. The third-order valence-electron chi connectivity index (χ3n) is 4.07. The summed E-state index contributed by atoms with van der Waals surface area (Å²) in [7, 11) is 0. The van der Waals surface area contributed by atoms with Crippen LogP contribution in [0.25, 0.3) is 10.9 Å². The number of phenolic OH excluding ortho intramolecular Hbond substituents is 1. The summed E-state index contributed by atoms with van der Waals surface area (Å²) in [6, 6.07) is 13.6. The molecule has 0 saturated carbocycles. The van der Waals surface area contributed by atoms with Crippen molar-refractivity contribution in [3.05, 3.63) is 64.8 Å². The van der Waals surface area contributed by atoms with Crippen molar-refractivity contribution in [3.8, 4) is 5.75 Å². The molecule has 0 bridgehead atoms. The van der Waals surface area contributed by atoms with Crippen LogP contribution in [0.3, 0.4) is 0 Å². The summed E-state index contributed by atoms with van der Waals surface area (Å²) in [5.74, 6) is -0.301. The number of aromatic nitrogens is 1. The fraction of sp³-hybridized carbons (Fsp3) is 0.167. The molecule has 0 saturated heterocycles. The molecule has 4 heteroatoms. The number of carbonyl (C=O) groups excluding carboxylic acids is 1. The summed E-state index contributed by atoms with van der Waals surface area (Å²) >= 11 is 0. The summed E-state index contributed by atoms with van der Waals surface area (Å²) in [5.41, 5.74) is 9.66. The van der Waals surface area contributed by atoms with Crippen molar-refractivity contribution in [2.24, 2.45) is 5.73 Å². The van der Waals surface area contributed by atoms with Crippen molar-refractivity contribution < 1.29 is 9.90 Å². The number of nitrogens with two attached hydrogens (primary N) is 1. The number of phenols is 1. The van der Waals surface area contributed by atoms with Crippen molar-refractivity contribution in [1.29, 1.82) is 0 Å². The zero-order valence-corrected chi connectivity index (χ0v) is 12.6. The monoisotopic (exact) mass is 294 g/mol. The van der Waals surface area contributed by atoms with Gasteiger partial charge in [0.2, 0.25) is 0 Å². The topological polar surface area (TPSA) is 68.2 Å². The van der Waals surface area contributed by atoms with E-state index in [1.54, 1.807) is 6.07 Å². The van der Waals surface area contributed by atoms with Gasteiger partial charge in [0.1, 0.15) is 5.75 Å². The number of aromatic hydroxyl groups is 1. The second-order valence-corrected chi connectivity index (χ2v) is 5.55. The average Bonchev–Trinajstić information content (AvgIpc) is 2.73. The maximum absolute atomic E-state index is 11.8. The Labute approximate surface area is 128 Å². The van der Waals surface area contributed by atoms with E-state index in [0.717, 1.165) is 22.3 Å². The minimum atomic E-state index is -0.474. The van der Waals surface area contributed by atoms with Crippen LogP contribution in [-0.2, 0) is 6.54 Å². The molecule has 112 valence electrons. The molecule has 0 aliphatic heterocycles. The first-order chi connectivity index (χ1) is 10.5. The van der Waals surface area contributed by atoms with Crippen LogP contribution in [0.4, 0.5) is 0 Å². The van der Waals surface area contributed by atoms with E-state index in [2.05, 4.69) is 4.57 Å². The highest BCUT2D eigenvalue weighted by atomic mass is 16.3. The molecule has 0 unspecified atom stereocenters. The van der Waals surface area contributed by atoms with Crippen LogP contribution < -0.4 is 5.73 Å². The number of hydrogen-bond acceptors (Lipinski definition) is 2. The second-order valence-electron chi connectivity index (χ2n) is 5.55. The quantitative estimate of drug-likeness (QED) is 0.779. The lowest BCUT2D eigenvalue weighted by Crippen LogP contribution is -2.13. The van der Waals surface area contributed by atoms with E-state index in [4.69, 9.17) is 5.73 Å². The van der Waals surface area contributed by atoms with E-state index < -0.39 is 5.91 Å². The Morgan fingerprint density at radius 3 is 2.50 bits per heavy atom. The Morgan fingerprint density at radius 2 is 1.86 bits per heavy atom. The first-order valence-electron chi connectivity index (χ1n) is 7.15. The number of hydrogen-bond donors (Lipinski definition) is 2. The summed E-state index contributed by atoms with van der Waals surface area (Å²) in [6.07, 6.45) is 0. The van der Waals surface area contributed by atoms with E-state index in [-0.39, 0.29) is 5.75 Å². The fourth-order valence-corrected chi connectivity index (χ4v) is 2.90. The lowest BCUT2D eigenvalue weighted by atomic mass is 10.1. The molecule has 0 fully saturated rings. The Hall–Kier alpha value is -2.75. The predicted molar refractivity (Wildman–Crippen MR) is 87.1 cm³/mol. The maximum atomic E-state index is 11.8. The molecule has 4 nitrogen and oxygen atoms in total. The summed E-state index contributed by atoms with van der Waals surface area (Å²) in [6.45, 7) is 4.38. The standard InChI is InChI=1S/C18H18N2O2/c1-11-8-15-14(9-16(11)21)17(18(19)22)12(2)20(15)10-13-6-4-3-5-7-13/h3-9,21H,10H2,1-2H3,(H2,19,22). The number of benzene rings is 2.